The Morgan fingerprint density at radius 3 is 2.64 bits per heavy atom. The van der Waals surface area contributed by atoms with Gasteiger partial charge in [-0.15, -0.1) is 0 Å². The number of Topliss-reactive ketones (excluding diaryl/α,β-unsaturated/α-hetero) is 1. The average molecular weight is 188 g/mol. The van der Waals surface area contributed by atoms with Gasteiger partial charge in [0.15, 0.2) is 6.23 Å². The summed E-state index contributed by atoms with van der Waals surface area (Å²) in [5.74, 6) is 0.969. The minimum atomic E-state index is -1.52. The van der Waals surface area contributed by atoms with Crippen molar-refractivity contribution in [2.24, 2.45) is 0 Å². The molecule has 3 N–H and O–H groups in total. The van der Waals surface area contributed by atoms with E-state index in [2.05, 4.69) is 5.32 Å². The summed E-state index contributed by atoms with van der Waals surface area (Å²) in [7, 11) is 0. The molecule has 1 atom stereocenters. The first-order chi connectivity index (χ1) is 6.65. The Morgan fingerprint density at radius 1 is 1.57 bits per heavy atom. The van der Waals surface area contributed by atoms with Crippen LogP contribution in [0.25, 0.3) is 0 Å². The van der Waals surface area contributed by atoms with Crippen LogP contribution in [0.3, 0.4) is 0 Å². The third-order valence-electron chi connectivity index (χ3n) is 1.62. The maximum absolute atomic E-state index is 11.1. The number of nitriles is 2. The monoisotopic (exact) mass is 188 g/mol. The van der Waals surface area contributed by atoms with Crippen LogP contribution in [0, 0.1) is 28.1 Å². The number of carbonyl (C=O) groups excluding carboxylic acids is 1. The van der Waals surface area contributed by atoms with Crippen molar-refractivity contribution in [3.8, 4) is 12.1 Å². The molecular weight excluding hydrogens is 184 g/mol. The number of rotatable bonds is 1. The minimum Gasteiger partial charge on any atom is -0.367 e. The summed E-state index contributed by atoms with van der Waals surface area (Å²) in [6.07, 6.45) is -1.52. The van der Waals surface area contributed by atoms with E-state index in [4.69, 9.17) is 21.0 Å². The number of ketones is 1. The van der Waals surface area contributed by atoms with Crippen LogP contribution in [0.15, 0.2) is 16.8 Å². The predicted molar refractivity (Wildman–Crippen MR) is 43.6 cm³/mol. The average Bonchev–Trinajstić information content (AvgIpc) is 2.45. The highest BCUT2D eigenvalue weighted by Gasteiger charge is 2.33. The zero-order chi connectivity index (χ0) is 10.7. The first-order valence-corrected chi connectivity index (χ1v) is 3.49. The topological polar surface area (TPSA) is 121 Å². The minimum absolute atomic E-state index is 0.137. The second kappa shape index (κ2) is 3.55. The van der Waals surface area contributed by atoms with E-state index in [1.807, 2.05) is 0 Å². The summed E-state index contributed by atoms with van der Waals surface area (Å²) in [5, 5.41) is 35.1. The molecule has 1 heterocycles. The molecule has 6 nitrogen and oxygen atoms in total. The van der Waals surface area contributed by atoms with Crippen molar-refractivity contribution in [2.45, 2.75) is 6.23 Å². The van der Waals surface area contributed by atoms with Crippen molar-refractivity contribution in [2.75, 3.05) is 0 Å². The van der Waals surface area contributed by atoms with E-state index in [0.29, 0.717) is 0 Å². The Kier molecular flexibility index (Phi) is 2.45. The molecule has 1 aliphatic rings. The normalized spacial score (nSPS) is 19.4. The van der Waals surface area contributed by atoms with Crippen molar-refractivity contribution in [3.63, 3.8) is 0 Å². The largest absolute Gasteiger partial charge is 0.367 e. The highest BCUT2D eigenvalue weighted by molar-refractivity contribution is 6.06. The quantitative estimate of drug-likeness (QED) is 0.358. The zero-order valence-electron chi connectivity index (χ0n) is 6.83. The Hall–Kier alpha value is -2.40. The van der Waals surface area contributed by atoms with Crippen LogP contribution in [-0.4, -0.2) is 23.0 Å². The molecule has 0 aliphatic carbocycles. The van der Waals surface area contributed by atoms with E-state index in [1.165, 1.54) is 0 Å². The van der Waals surface area contributed by atoms with Gasteiger partial charge in [0.1, 0.15) is 23.3 Å². The van der Waals surface area contributed by atoms with Gasteiger partial charge in [0.25, 0.3) is 0 Å². The maximum Gasteiger partial charge on any atom is 0.224 e. The molecule has 6 heteroatoms. The molecule has 0 saturated heterocycles. The maximum atomic E-state index is 11.1. The van der Waals surface area contributed by atoms with Gasteiger partial charge in [-0.05, 0) is 5.87 Å². The lowest BCUT2D eigenvalue weighted by Crippen LogP contribution is -2.28. The number of nitrogens with one attached hydrogen (secondary N) is 2. The number of carbonyl (C=O) groups is 1. The Bertz CT molecular complexity index is 457. The first-order valence-electron chi connectivity index (χ1n) is 3.49. The summed E-state index contributed by atoms with van der Waals surface area (Å²) in [5.41, 5.74) is -0.775. The molecule has 1 unspecified atom stereocenters. The molecule has 1 rings (SSSR count). The number of allylic oxidation sites excluding steroid dienone is 1. The lowest BCUT2D eigenvalue weighted by molar-refractivity contribution is -0.122. The number of aliphatic hydroxyl groups is 1. The van der Waals surface area contributed by atoms with Crippen LogP contribution in [-0.2, 0) is 4.79 Å². The molecule has 0 aromatic rings. The van der Waals surface area contributed by atoms with Crippen molar-refractivity contribution < 1.29 is 9.90 Å². The number of aliphatic hydroxyl groups excluding tert-OH is 1. The Morgan fingerprint density at radius 2 is 2.21 bits per heavy atom. The molecule has 14 heavy (non-hydrogen) atoms. The molecule has 0 fully saturated rings. The fraction of sp³-hybridized carbons (Fsp3) is 0.125. The molecule has 0 radical (unpaired) electrons. The first kappa shape index (κ1) is 9.69. The number of hydrogen-bond donors (Lipinski definition) is 3. The van der Waals surface area contributed by atoms with Gasteiger partial charge in [0.05, 0.1) is 5.70 Å². The summed E-state index contributed by atoms with van der Waals surface area (Å²) in [6.45, 7) is 0. The van der Waals surface area contributed by atoms with Crippen LogP contribution < -0.4 is 5.32 Å². The lowest BCUT2D eigenvalue weighted by Gasteiger charge is -2.01. The summed E-state index contributed by atoms with van der Waals surface area (Å²) in [6, 6.07) is 3.14. The fourth-order valence-electron chi connectivity index (χ4n) is 0.989. The summed E-state index contributed by atoms with van der Waals surface area (Å²) in [4.78, 5) is 11.1. The standard InChI is InChI=1S/C8H4N4O2/c9-1-4(2-10)6-5(3-11)7(13)8(14)12-6/h8-9,12,14H. The highest BCUT2D eigenvalue weighted by Crippen LogP contribution is 2.17. The highest BCUT2D eigenvalue weighted by atomic mass is 16.3. The third-order valence-corrected chi connectivity index (χ3v) is 1.62. The van der Waals surface area contributed by atoms with E-state index in [0.717, 1.165) is 0 Å². The third kappa shape index (κ3) is 1.27. The second-order valence-electron chi connectivity index (χ2n) is 2.38. The molecule has 68 valence electrons. The van der Waals surface area contributed by atoms with Gasteiger partial charge in [-0.1, -0.05) is 0 Å². The summed E-state index contributed by atoms with van der Waals surface area (Å²) < 4.78 is 0. The number of nitrogens with zero attached hydrogens (tertiary/aromatic N) is 2. The molecule has 0 aromatic carbocycles. The van der Waals surface area contributed by atoms with Crippen molar-refractivity contribution in [1.82, 2.24) is 5.32 Å². The van der Waals surface area contributed by atoms with Gasteiger partial charge >= 0.3 is 0 Å². The van der Waals surface area contributed by atoms with Gasteiger partial charge in [0, 0.05) is 0 Å². The Balaban J connectivity index is 3.31. The molecule has 0 aromatic heterocycles. The van der Waals surface area contributed by atoms with Crippen molar-refractivity contribution in [3.05, 3.63) is 16.8 Å². The lowest BCUT2D eigenvalue weighted by atomic mass is 10.1. The summed E-state index contributed by atoms with van der Waals surface area (Å²) >= 11 is 0. The van der Waals surface area contributed by atoms with Gasteiger partial charge in [0.2, 0.25) is 5.78 Å². The van der Waals surface area contributed by atoms with Crippen LogP contribution in [0.2, 0.25) is 0 Å². The van der Waals surface area contributed by atoms with Crippen LogP contribution in [0.5, 0.6) is 0 Å². The zero-order valence-corrected chi connectivity index (χ0v) is 6.83. The van der Waals surface area contributed by atoms with E-state index < -0.39 is 12.0 Å². The van der Waals surface area contributed by atoms with E-state index in [9.17, 15) is 4.79 Å². The van der Waals surface area contributed by atoms with Crippen molar-refractivity contribution >= 4 is 11.7 Å². The molecule has 0 amide bonds. The smallest absolute Gasteiger partial charge is 0.224 e. The van der Waals surface area contributed by atoms with Crippen molar-refractivity contribution in [1.29, 1.82) is 15.9 Å². The molecule has 0 bridgehead atoms. The van der Waals surface area contributed by atoms with Gasteiger partial charge < -0.3 is 10.4 Å². The van der Waals surface area contributed by atoms with Gasteiger partial charge in [-0.2, -0.15) is 10.5 Å². The fourth-order valence-corrected chi connectivity index (χ4v) is 0.989. The number of hydrogen-bond acceptors (Lipinski definition) is 6. The van der Waals surface area contributed by atoms with Crippen LogP contribution >= 0.6 is 0 Å². The molecule has 0 spiro atoms. The van der Waals surface area contributed by atoms with E-state index in [-0.39, 0.29) is 16.8 Å². The van der Waals surface area contributed by atoms with Gasteiger partial charge in [-0.25, -0.2) is 0 Å². The van der Waals surface area contributed by atoms with E-state index >= 15 is 0 Å². The molecule has 0 saturated carbocycles. The van der Waals surface area contributed by atoms with E-state index in [1.54, 1.807) is 18.0 Å². The second-order valence-corrected chi connectivity index (χ2v) is 2.38. The van der Waals surface area contributed by atoms with Crippen LogP contribution in [0.1, 0.15) is 0 Å². The predicted octanol–water partition coefficient (Wildman–Crippen LogP) is -1.05. The SMILES string of the molecule is N#CC(=C=N)C1=C(C#N)C(=O)C(O)N1. The Labute approximate surface area is 78.9 Å². The molecular formula is C8H4N4O2. The molecule has 1 aliphatic heterocycles. The van der Waals surface area contributed by atoms with Gasteiger partial charge in [-0.3, -0.25) is 10.2 Å². The van der Waals surface area contributed by atoms with Crippen LogP contribution in [0.4, 0.5) is 0 Å².